The van der Waals surface area contributed by atoms with Crippen LogP contribution < -0.4 is 4.90 Å². The normalized spacial score (nSPS) is 13.3. The van der Waals surface area contributed by atoms with Crippen LogP contribution in [-0.4, -0.2) is 24.1 Å². The molecule has 0 radical (unpaired) electrons. The zero-order valence-corrected chi connectivity index (χ0v) is 16.1. The molecule has 28 heavy (non-hydrogen) atoms. The van der Waals surface area contributed by atoms with Crippen molar-refractivity contribution in [2.45, 2.75) is 12.3 Å². The molecule has 4 rings (SSSR count). The lowest BCUT2D eigenvalue weighted by Crippen LogP contribution is -2.30. The zero-order chi connectivity index (χ0) is 19.5. The van der Waals surface area contributed by atoms with Crippen LogP contribution >= 0.6 is 11.6 Å². The molecule has 0 unspecified atom stereocenters. The van der Waals surface area contributed by atoms with Crippen LogP contribution in [0.5, 0.6) is 0 Å². The summed E-state index contributed by atoms with van der Waals surface area (Å²) in [4.78, 5) is 27.1. The maximum absolute atomic E-state index is 12.9. The summed E-state index contributed by atoms with van der Waals surface area (Å²) in [6.07, 6.45) is 0.644. The van der Waals surface area contributed by atoms with E-state index in [-0.39, 0.29) is 5.92 Å². The van der Waals surface area contributed by atoms with E-state index in [0.29, 0.717) is 30.1 Å². The molecule has 3 aromatic rings. The largest absolute Gasteiger partial charge is 0.305 e. The van der Waals surface area contributed by atoms with Gasteiger partial charge >= 0.3 is 0 Å². The van der Waals surface area contributed by atoms with Crippen LogP contribution in [0.15, 0.2) is 78.9 Å². The first-order valence-electron chi connectivity index (χ1n) is 9.37. The standard InChI is InChI=1S/C24H20ClNO2/c25-15-8-16-26-20-14-7-13-19(22(20)23(27)24(26)28)21(17-9-3-1-4-10-17)18-11-5-2-6-12-18/h1-7,9-14,21H,8,15-16H2. The number of Topliss-reactive ketones (excluding diaryl/α,β-unsaturated/α-hetero) is 1. The second-order valence-electron chi connectivity index (χ2n) is 6.82. The number of hydrogen-bond donors (Lipinski definition) is 0. The number of fused-ring (bicyclic) bond motifs is 1. The maximum Gasteiger partial charge on any atom is 0.299 e. The van der Waals surface area contributed by atoms with Crippen LogP contribution in [0.1, 0.15) is 39.4 Å². The number of hydrogen-bond acceptors (Lipinski definition) is 2. The van der Waals surface area contributed by atoms with Gasteiger partial charge in [-0.2, -0.15) is 0 Å². The lowest BCUT2D eigenvalue weighted by molar-refractivity contribution is -0.114. The number of amides is 1. The van der Waals surface area contributed by atoms with Crippen molar-refractivity contribution in [3.63, 3.8) is 0 Å². The number of nitrogens with zero attached hydrogens (tertiary/aromatic N) is 1. The van der Waals surface area contributed by atoms with Crippen LogP contribution in [0.4, 0.5) is 5.69 Å². The molecule has 1 aliphatic heterocycles. The fourth-order valence-corrected chi connectivity index (χ4v) is 4.01. The van der Waals surface area contributed by atoms with Crippen molar-refractivity contribution in [3.8, 4) is 0 Å². The Morgan fingerprint density at radius 1 is 0.786 bits per heavy atom. The molecule has 3 nitrogen and oxygen atoms in total. The van der Waals surface area contributed by atoms with E-state index < -0.39 is 11.7 Å². The van der Waals surface area contributed by atoms with Crippen LogP contribution in [0, 0.1) is 0 Å². The van der Waals surface area contributed by atoms with Crippen molar-refractivity contribution in [3.05, 3.63) is 101 Å². The Hall–Kier alpha value is -2.91. The first-order chi connectivity index (χ1) is 13.7. The van der Waals surface area contributed by atoms with Gasteiger partial charge in [-0.15, -0.1) is 11.6 Å². The molecule has 1 heterocycles. The summed E-state index contributed by atoms with van der Waals surface area (Å²) >= 11 is 5.81. The number of halogens is 1. The fourth-order valence-electron chi connectivity index (χ4n) is 3.89. The average Bonchev–Trinajstić information content (AvgIpc) is 2.99. The minimum atomic E-state index is -0.465. The van der Waals surface area contributed by atoms with Gasteiger partial charge in [0.05, 0.1) is 11.3 Å². The minimum Gasteiger partial charge on any atom is -0.305 e. The molecule has 0 N–H and O–H groups in total. The van der Waals surface area contributed by atoms with Crippen molar-refractivity contribution in [1.82, 2.24) is 0 Å². The summed E-state index contributed by atoms with van der Waals surface area (Å²) in [7, 11) is 0. The third-order valence-electron chi connectivity index (χ3n) is 5.12. The van der Waals surface area contributed by atoms with Crippen LogP contribution in [0.2, 0.25) is 0 Å². The van der Waals surface area contributed by atoms with Crippen LogP contribution in [0.3, 0.4) is 0 Å². The van der Waals surface area contributed by atoms with E-state index in [0.717, 1.165) is 16.7 Å². The average molecular weight is 390 g/mol. The molecule has 1 aliphatic rings. The molecular formula is C24H20ClNO2. The van der Waals surface area contributed by atoms with Crippen molar-refractivity contribution in [2.75, 3.05) is 17.3 Å². The van der Waals surface area contributed by atoms with E-state index >= 15 is 0 Å². The third-order valence-corrected chi connectivity index (χ3v) is 5.39. The maximum atomic E-state index is 12.9. The summed E-state index contributed by atoms with van der Waals surface area (Å²) in [5.74, 6) is -0.574. The van der Waals surface area contributed by atoms with E-state index in [4.69, 9.17) is 11.6 Å². The molecule has 3 aromatic carbocycles. The highest BCUT2D eigenvalue weighted by Crippen LogP contribution is 2.40. The van der Waals surface area contributed by atoms with Crippen LogP contribution in [-0.2, 0) is 4.79 Å². The highest BCUT2D eigenvalue weighted by atomic mass is 35.5. The number of rotatable bonds is 6. The van der Waals surface area contributed by atoms with Gasteiger partial charge in [0.1, 0.15) is 0 Å². The van der Waals surface area contributed by atoms with Crippen LogP contribution in [0.25, 0.3) is 0 Å². The molecule has 4 heteroatoms. The Kier molecular flexibility index (Phi) is 5.27. The highest BCUT2D eigenvalue weighted by molar-refractivity contribution is 6.52. The summed E-state index contributed by atoms with van der Waals surface area (Å²) in [6.45, 7) is 0.450. The summed E-state index contributed by atoms with van der Waals surface area (Å²) < 4.78 is 0. The molecule has 0 saturated carbocycles. The fraction of sp³-hybridized carbons (Fsp3) is 0.167. The smallest absolute Gasteiger partial charge is 0.299 e. The number of carbonyl (C=O) groups excluding carboxylic acids is 2. The van der Waals surface area contributed by atoms with Gasteiger partial charge in [-0.05, 0) is 29.2 Å². The molecule has 140 valence electrons. The number of benzene rings is 3. The van der Waals surface area contributed by atoms with Crippen molar-refractivity contribution < 1.29 is 9.59 Å². The second kappa shape index (κ2) is 7.99. The zero-order valence-electron chi connectivity index (χ0n) is 15.3. The monoisotopic (exact) mass is 389 g/mol. The Labute approximate surface area is 169 Å². The molecule has 0 bridgehead atoms. The van der Waals surface area contributed by atoms with Gasteiger partial charge in [-0.1, -0.05) is 72.8 Å². The van der Waals surface area contributed by atoms with Crippen molar-refractivity contribution in [1.29, 1.82) is 0 Å². The number of carbonyl (C=O) groups is 2. The molecule has 0 spiro atoms. The van der Waals surface area contributed by atoms with Gasteiger partial charge in [-0.3, -0.25) is 9.59 Å². The Bertz CT molecular complexity index is 962. The predicted molar refractivity (Wildman–Crippen MR) is 112 cm³/mol. The van der Waals surface area contributed by atoms with E-state index in [2.05, 4.69) is 24.3 Å². The number of alkyl halides is 1. The molecule has 0 atom stereocenters. The summed E-state index contributed by atoms with van der Waals surface area (Å²) in [6, 6.07) is 25.9. The Balaban J connectivity index is 1.89. The van der Waals surface area contributed by atoms with Gasteiger partial charge in [-0.25, -0.2) is 0 Å². The van der Waals surface area contributed by atoms with Crippen molar-refractivity contribution in [2.24, 2.45) is 0 Å². The first-order valence-corrected chi connectivity index (χ1v) is 9.90. The molecule has 0 fully saturated rings. The quantitative estimate of drug-likeness (QED) is 0.337. The first kappa shape index (κ1) is 18.5. The van der Waals surface area contributed by atoms with Gasteiger partial charge < -0.3 is 4.90 Å². The minimum absolute atomic E-state index is 0.123. The summed E-state index contributed by atoms with van der Waals surface area (Å²) in [5.41, 5.74) is 4.24. The van der Waals surface area contributed by atoms with E-state index in [1.54, 1.807) is 4.90 Å². The highest BCUT2D eigenvalue weighted by Gasteiger charge is 2.38. The third kappa shape index (κ3) is 3.23. The lowest BCUT2D eigenvalue weighted by atomic mass is 9.82. The molecule has 1 amide bonds. The second-order valence-corrected chi connectivity index (χ2v) is 7.20. The topological polar surface area (TPSA) is 37.4 Å². The number of anilines is 1. The van der Waals surface area contributed by atoms with Gasteiger partial charge in [0.2, 0.25) is 0 Å². The van der Waals surface area contributed by atoms with Gasteiger partial charge in [0, 0.05) is 18.3 Å². The van der Waals surface area contributed by atoms with E-state index in [9.17, 15) is 9.59 Å². The molecular weight excluding hydrogens is 370 g/mol. The Morgan fingerprint density at radius 3 is 1.96 bits per heavy atom. The number of ketones is 1. The molecule has 0 aromatic heterocycles. The van der Waals surface area contributed by atoms with Gasteiger partial charge in [0.25, 0.3) is 11.7 Å². The lowest BCUT2D eigenvalue weighted by Gasteiger charge is -2.22. The van der Waals surface area contributed by atoms with E-state index in [1.807, 2.05) is 54.6 Å². The molecule has 0 aliphatic carbocycles. The summed E-state index contributed by atoms with van der Waals surface area (Å²) in [5, 5.41) is 0. The SMILES string of the molecule is O=C1C(=O)N(CCCCl)c2cccc(C(c3ccccc3)c3ccccc3)c21. The van der Waals surface area contributed by atoms with Crippen molar-refractivity contribution >= 4 is 29.0 Å². The molecule has 0 saturated heterocycles. The van der Waals surface area contributed by atoms with Gasteiger partial charge in [0.15, 0.2) is 0 Å². The Morgan fingerprint density at radius 2 is 1.39 bits per heavy atom. The van der Waals surface area contributed by atoms with E-state index in [1.165, 1.54) is 0 Å². The predicted octanol–water partition coefficient (Wildman–Crippen LogP) is 5.03.